The highest BCUT2D eigenvalue weighted by molar-refractivity contribution is 5.95. The average Bonchev–Trinajstić information content (AvgIpc) is 2.93. The van der Waals surface area contributed by atoms with E-state index in [2.05, 4.69) is 10.6 Å². The summed E-state index contributed by atoms with van der Waals surface area (Å²) in [6.45, 7) is 2.04. The molecule has 16 heavy (non-hydrogen) atoms. The van der Waals surface area contributed by atoms with E-state index in [9.17, 15) is 14.4 Å². The van der Waals surface area contributed by atoms with Crippen LogP contribution < -0.4 is 10.6 Å². The van der Waals surface area contributed by atoms with E-state index in [0.717, 1.165) is 12.8 Å². The molecule has 6 heteroatoms. The number of carboxylic acids is 1. The maximum absolute atomic E-state index is 11.2. The summed E-state index contributed by atoms with van der Waals surface area (Å²) in [5.41, 5.74) is 0. The highest BCUT2D eigenvalue weighted by Crippen LogP contribution is 2.32. The van der Waals surface area contributed by atoms with E-state index in [4.69, 9.17) is 5.11 Å². The molecule has 0 aromatic carbocycles. The first-order valence-electron chi connectivity index (χ1n) is 5.35. The molecule has 2 unspecified atom stereocenters. The van der Waals surface area contributed by atoms with Gasteiger partial charge in [-0.2, -0.15) is 0 Å². The summed E-state index contributed by atoms with van der Waals surface area (Å²) in [5, 5.41) is 13.1. The molecule has 0 aromatic heterocycles. The highest BCUT2D eigenvalue weighted by Gasteiger charge is 2.36. The Morgan fingerprint density at radius 2 is 2.00 bits per heavy atom. The zero-order valence-electron chi connectivity index (χ0n) is 9.16. The van der Waals surface area contributed by atoms with Crippen molar-refractivity contribution in [3.05, 3.63) is 0 Å². The van der Waals surface area contributed by atoms with Crippen LogP contribution in [0.15, 0.2) is 0 Å². The predicted molar refractivity (Wildman–Crippen MR) is 55.7 cm³/mol. The van der Waals surface area contributed by atoms with Crippen LogP contribution in [0.4, 0.5) is 4.79 Å². The van der Waals surface area contributed by atoms with Crippen LogP contribution in [0.2, 0.25) is 0 Å². The molecular weight excluding hydrogens is 212 g/mol. The van der Waals surface area contributed by atoms with E-state index in [1.165, 1.54) is 0 Å². The number of hydrogen-bond acceptors (Lipinski definition) is 3. The number of hydrogen-bond donors (Lipinski definition) is 3. The summed E-state index contributed by atoms with van der Waals surface area (Å²) in [7, 11) is 0. The lowest BCUT2D eigenvalue weighted by atomic mass is 10.3. The average molecular weight is 228 g/mol. The van der Waals surface area contributed by atoms with Gasteiger partial charge in [-0.1, -0.05) is 13.3 Å². The third kappa shape index (κ3) is 4.29. The summed E-state index contributed by atoms with van der Waals surface area (Å²) < 4.78 is 0. The first kappa shape index (κ1) is 12.5. The number of nitrogens with one attached hydrogen (secondary N) is 2. The molecule has 0 bridgehead atoms. The summed E-state index contributed by atoms with van der Waals surface area (Å²) >= 11 is 0. The van der Waals surface area contributed by atoms with Crippen LogP contribution in [0.1, 0.15) is 32.6 Å². The van der Waals surface area contributed by atoms with Crippen molar-refractivity contribution in [2.75, 3.05) is 0 Å². The van der Waals surface area contributed by atoms with Gasteiger partial charge in [0.15, 0.2) is 0 Å². The van der Waals surface area contributed by atoms with Crippen molar-refractivity contribution in [2.45, 2.75) is 38.6 Å². The van der Waals surface area contributed by atoms with Crippen molar-refractivity contribution in [3.8, 4) is 0 Å². The van der Waals surface area contributed by atoms with E-state index in [-0.39, 0.29) is 18.9 Å². The molecule has 6 nitrogen and oxygen atoms in total. The second-order valence-corrected chi connectivity index (χ2v) is 3.93. The fourth-order valence-electron chi connectivity index (χ4n) is 1.49. The predicted octanol–water partition coefficient (Wildman–Crippen LogP) is 0.475. The van der Waals surface area contributed by atoms with Gasteiger partial charge in [0.2, 0.25) is 5.91 Å². The minimum atomic E-state index is -1.05. The Hall–Kier alpha value is -1.59. The summed E-state index contributed by atoms with van der Waals surface area (Å²) in [6.07, 6.45) is 1.52. The molecule has 0 spiro atoms. The standard InChI is InChI=1S/C10H16N2O4/c1-2-6-5-7(6)11-10(16)12-8(13)3-4-9(14)15/h6-7H,2-5H2,1H3,(H,14,15)(H2,11,12,13,16). The maximum Gasteiger partial charge on any atom is 0.321 e. The molecule has 1 fully saturated rings. The minimum absolute atomic E-state index is 0.164. The van der Waals surface area contributed by atoms with Crippen molar-refractivity contribution in [1.82, 2.24) is 10.6 Å². The molecular formula is C10H16N2O4. The normalized spacial score (nSPS) is 22.3. The number of carboxylic acid groups (broad SMARTS) is 1. The number of amides is 3. The highest BCUT2D eigenvalue weighted by atomic mass is 16.4. The lowest BCUT2D eigenvalue weighted by Gasteiger charge is -2.05. The Labute approximate surface area is 93.4 Å². The fraction of sp³-hybridized carbons (Fsp3) is 0.700. The number of aliphatic carboxylic acids is 1. The van der Waals surface area contributed by atoms with Crippen LogP contribution >= 0.6 is 0 Å². The summed E-state index contributed by atoms with van der Waals surface area (Å²) in [5.74, 6) is -1.10. The Balaban J connectivity index is 2.14. The number of urea groups is 1. The van der Waals surface area contributed by atoms with Gasteiger partial charge in [-0.05, 0) is 12.3 Å². The van der Waals surface area contributed by atoms with Crippen LogP contribution in [0.5, 0.6) is 0 Å². The fourth-order valence-corrected chi connectivity index (χ4v) is 1.49. The zero-order valence-corrected chi connectivity index (χ0v) is 9.16. The molecule has 3 amide bonds. The van der Waals surface area contributed by atoms with Crippen molar-refractivity contribution in [2.24, 2.45) is 5.92 Å². The number of carbonyl (C=O) groups excluding carboxylic acids is 2. The van der Waals surface area contributed by atoms with Crippen molar-refractivity contribution in [1.29, 1.82) is 0 Å². The van der Waals surface area contributed by atoms with E-state index in [0.29, 0.717) is 5.92 Å². The van der Waals surface area contributed by atoms with Crippen LogP contribution in [0, 0.1) is 5.92 Å². The Bertz CT molecular complexity index is 303. The Morgan fingerprint density at radius 1 is 1.31 bits per heavy atom. The lowest BCUT2D eigenvalue weighted by Crippen LogP contribution is -2.41. The van der Waals surface area contributed by atoms with E-state index in [1.54, 1.807) is 0 Å². The molecule has 0 saturated heterocycles. The molecule has 1 rings (SSSR count). The van der Waals surface area contributed by atoms with Crippen molar-refractivity contribution in [3.63, 3.8) is 0 Å². The van der Waals surface area contributed by atoms with Gasteiger partial charge >= 0.3 is 12.0 Å². The van der Waals surface area contributed by atoms with E-state index in [1.807, 2.05) is 6.92 Å². The van der Waals surface area contributed by atoms with E-state index >= 15 is 0 Å². The third-order valence-electron chi connectivity index (χ3n) is 2.58. The van der Waals surface area contributed by atoms with Crippen molar-refractivity contribution >= 4 is 17.9 Å². The second kappa shape index (κ2) is 5.48. The summed E-state index contributed by atoms with van der Waals surface area (Å²) in [4.78, 5) is 32.5. The number of rotatable bonds is 5. The molecule has 1 saturated carbocycles. The zero-order chi connectivity index (χ0) is 12.1. The second-order valence-electron chi connectivity index (χ2n) is 3.93. The smallest absolute Gasteiger partial charge is 0.321 e. The number of imide groups is 1. The molecule has 0 radical (unpaired) electrons. The van der Waals surface area contributed by atoms with Crippen LogP contribution in [0.25, 0.3) is 0 Å². The molecule has 1 aliphatic rings. The molecule has 0 aliphatic heterocycles. The quantitative estimate of drug-likeness (QED) is 0.637. The van der Waals surface area contributed by atoms with Gasteiger partial charge in [0, 0.05) is 12.5 Å². The molecule has 3 N–H and O–H groups in total. The Morgan fingerprint density at radius 3 is 2.50 bits per heavy atom. The molecule has 0 heterocycles. The minimum Gasteiger partial charge on any atom is -0.481 e. The monoisotopic (exact) mass is 228 g/mol. The topological polar surface area (TPSA) is 95.5 Å². The SMILES string of the molecule is CCC1CC1NC(=O)NC(=O)CCC(=O)O. The first-order chi connectivity index (χ1) is 7.52. The first-order valence-corrected chi connectivity index (χ1v) is 5.35. The van der Waals surface area contributed by atoms with Gasteiger partial charge < -0.3 is 10.4 Å². The lowest BCUT2D eigenvalue weighted by molar-refractivity contribution is -0.138. The van der Waals surface area contributed by atoms with Crippen molar-refractivity contribution < 1.29 is 19.5 Å². The summed E-state index contributed by atoms with van der Waals surface area (Å²) in [6, 6.07) is -0.367. The van der Waals surface area contributed by atoms with Gasteiger partial charge in [0.1, 0.15) is 0 Å². The van der Waals surface area contributed by atoms with Gasteiger partial charge in [-0.25, -0.2) is 4.79 Å². The number of carbonyl (C=O) groups is 3. The van der Waals surface area contributed by atoms with Gasteiger partial charge in [-0.3, -0.25) is 14.9 Å². The molecule has 2 atom stereocenters. The Kier molecular flexibility index (Phi) is 4.28. The van der Waals surface area contributed by atoms with Gasteiger partial charge in [-0.15, -0.1) is 0 Å². The molecule has 1 aliphatic carbocycles. The molecule has 0 aromatic rings. The third-order valence-corrected chi connectivity index (χ3v) is 2.58. The molecule has 90 valence electrons. The van der Waals surface area contributed by atoms with Crippen LogP contribution in [-0.4, -0.2) is 29.1 Å². The van der Waals surface area contributed by atoms with Gasteiger partial charge in [0.05, 0.1) is 6.42 Å². The van der Waals surface area contributed by atoms with Crippen LogP contribution in [0.3, 0.4) is 0 Å². The maximum atomic E-state index is 11.2. The van der Waals surface area contributed by atoms with Gasteiger partial charge in [0.25, 0.3) is 0 Å². The largest absolute Gasteiger partial charge is 0.481 e. The van der Waals surface area contributed by atoms with E-state index < -0.39 is 17.9 Å². The van der Waals surface area contributed by atoms with Crippen LogP contribution in [-0.2, 0) is 9.59 Å².